The molecule has 1 aromatic rings. The molecular weight excluding hydrogens is 298 g/mol. The Balaban J connectivity index is 1.43. The van der Waals surface area contributed by atoms with E-state index in [1.54, 1.807) is 0 Å². The molecule has 2 aliphatic heterocycles. The number of carbonyl (C=O) groups is 1. The normalized spacial score (nSPS) is 26.5. The molecular formula is C20H29N3O. The summed E-state index contributed by atoms with van der Waals surface area (Å²) in [6.45, 7) is 4.95. The van der Waals surface area contributed by atoms with E-state index in [1.165, 1.54) is 11.1 Å². The summed E-state index contributed by atoms with van der Waals surface area (Å²) in [5.41, 5.74) is 3.06. The number of piperidine rings is 1. The molecule has 0 radical (unpaired) electrons. The van der Waals surface area contributed by atoms with Crippen LogP contribution in [-0.2, 0) is 11.2 Å². The molecule has 0 unspecified atom stereocenters. The molecule has 0 bridgehead atoms. The van der Waals surface area contributed by atoms with Gasteiger partial charge in [-0.15, -0.1) is 0 Å². The maximum atomic E-state index is 13.0. The number of likely N-dealkylation sites (N-methyl/N-ethyl adjacent to an activating group) is 1. The first-order valence-corrected chi connectivity index (χ1v) is 9.45. The van der Waals surface area contributed by atoms with E-state index in [9.17, 15) is 4.79 Å². The third-order valence-corrected chi connectivity index (χ3v) is 6.57. The number of hydrogen-bond acceptors (Lipinski definition) is 3. The summed E-state index contributed by atoms with van der Waals surface area (Å²) in [7, 11) is 2.24. The predicted octanol–water partition coefficient (Wildman–Crippen LogP) is 2.00. The average molecular weight is 327 g/mol. The molecule has 4 nitrogen and oxygen atoms in total. The number of amides is 1. The second kappa shape index (κ2) is 6.49. The molecule has 24 heavy (non-hydrogen) atoms. The van der Waals surface area contributed by atoms with Crippen molar-refractivity contribution in [1.29, 1.82) is 0 Å². The van der Waals surface area contributed by atoms with Crippen molar-refractivity contribution in [3.05, 3.63) is 35.4 Å². The number of hydrogen-bond donors (Lipinski definition) is 1. The lowest BCUT2D eigenvalue weighted by Gasteiger charge is -2.51. The third-order valence-electron chi connectivity index (χ3n) is 6.57. The van der Waals surface area contributed by atoms with Crippen molar-refractivity contribution in [3.63, 3.8) is 0 Å². The highest BCUT2D eigenvalue weighted by Crippen LogP contribution is 2.36. The Morgan fingerprint density at radius 2 is 2.04 bits per heavy atom. The molecule has 1 atom stereocenters. The number of nitrogens with zero attached hydrogens (tertiary/aromatic N) is 2. The van der Waals surface area contributed by atoms with E-state index in [0.29, 0.717) is 18.2 Å². The van der Waals surface area contributed by atoms with E-state index in [4.69, 9.17) is 0 Å². The number of rotatable bonds is 2. The minimum absolute atomic E-state index is 0.201. The van der Waals surface area contributed by atoms with Gasteiger partial charge < -0.3 is 10.2 Å². The van der Waals surface area contributed by atoms with Crippen LogP contribution in [0.5, 0.6) is 0 Å². The molecule has 3 aliphatic rings. The fourth-order valence-electron chi connectivity index (χ4n) is 4.91. The van der Waals surface area contributed by atoms with E-state index < -0.39 is 0 Å². The predicted molar refractivity (Wildman–Crippen MR) is 96.2 cm³/mol. The highest BCUT2D eigenvalue weighted by molar-refractivity contribution is 5.77. The highest BCUT2D eigenvalue weighted by Gasteiger charge is 2.42. The van der Waals surface area contributed by atoms with Crippen molar-refractivity contribution < 1.29 is 4.79 Å². The minimum Gasteiger partial charge on any atom is -0.340 e. The van der Waals surface area contributed by atoms with Gasteiger partial charge in [-0.2, -0.15) is 0 Å². The molecule has 0 aromatic heterocycles. The molecule has 130 valence electrons. The van der Waals surface area contributed by atoms with Crippen molar-refractivity contribution in [2.45, 2.75) is 43.6 Å². The first-order valence-electron chi connectivity index (χ1n) is 9.45. The van der Waals surface area contributed by atoms with Crippen LogP contribution in [-0.4, -0.2) is 61.0 Å². The van der Waals surface area contributed by atoms with Crippen molar-refractivity contribution >= 4 is 5.91 Å². The van der Waals surface area contributed by atoms with Gasteiger partial charge in [-0.3, -0.25) is 9.69 Å². The van der Waals surface area contributed by atoms with Gasteiger partial charge in [0, 0.05) is 31.6 Å². The zero-order valence-electron chi connectivity index (χ0n) is 14.8. The van der Waals surface area contributed by atoms with Crippen LogP contribution in [0.3, 0.4) is 0 Å². The lowest BCUT2D eigenvalue weighted by molar-refractivity contribution is -0.137. The molecule has 1 spiro atoms. The summed E-state index contributed by atoms with van der Waals surface area (Å²) in [6, 6.07) is 8.67. The van der Waals surface area contributed by atoms with Crippen LogP contribution in [0.25, 0.3) is 0 Å². The van der Waals surface area contributed by atoms with Crippen LogP contribution in [0.1, 0.15) is 42.7 Å². The first-order chi connectivity index (χ1) is 11.7. The Morgan fingerprint density at radius 1 is 1.25 bits per heavy atom. The Labute approximate surface area is 145 Å². The fourth-order valence-corrected chi connectivity index (χ4v) is 4.91. The summed E-state index contributed by atoms with van der Waals surface area (Å²) in [5.74, 6) is 0.792. The molecule has 1 amide bonds. The van der Waals surface area contributed by atoms with Crippen LogP contribution in [0.2, 0.25) is 0 Å². The number of carbonyl (C=O) groups excluding carboxylic acids is 1. The largest absolute Gasteiger partial charge is 0.340 e. The topological polar surface area (TPSA) is 35.6 Å². The van der Waals surface area contributed by atoms with Crippen molar-refractivity contribution in [3.8, 4) is 0 Å². The van der Waals surface area contributed by atoms with Crippen molar-refractivity contribution in [1.82, 2.24) is 15.1 Å². The van der Waals surface area contributed by atoms with Gasteiger partial charge in [-0.05, 0) is 62.9 Å². The van der Waals surface area contributed by atoms with Gasteiger partial charge in [0.05, 0.1) is 0 Å². The number of nitrogens with one attached hydrogen (secondary N) is 1. The van der Waals surface area contributed by atoms with Crippen LogP contribution in [0, 0.1) is 0 Å². The molecule has 2 heterocycles. The second-order valence-electron chi connectivity index (χ2n) is 7.85. The SMILES string of the molecule is CN1CCN(C(=O)C[C@@H]2CCc3ccccc32)CC12CCNCC2. The average Bonchev–Trinajstić information content (AvgIpc) is 3.01. The monoisotopic (exact) mass is 327 g/mol. The zero-order valence-corrected chi connectivity index (χ0v) is 14.8. The number of fused-ring (bicyclic) bond motifs is 1. The molecule has 1 aromatic carbocycles. The summed E-state index contributed by atoms with van der Waals surface area (Å²) in [4.78, 5) is 17.6. The fraction of sp³-hybridized carbons (Fsp3) is 0.650. The summed E-state index contributed by atoms with van der Waals surface area (Å²) < 4.78 is 0. The molecule has 0 saturated carbocycles. The van der Waals surface area contributed by atoms with Gasteiger partial charge in [0.1, 0.15) is 0 Å². The van der Waals surface area contributed by atoms with Gasteiger partial charge in [0.2, 0.25) is 5.91 Å². The standard InChI is InChI=1S/C20H29N3O/c1-22-12-13-23(15-20(22)8-10-21-11-9-20)19(24)14-17-7-6-16-4-2-3-5-18(16)17/h2-5,17,21H,6-15H2,1H3/t17-/m0/s1. The van der Waals surface area contributed by atoms with E-state index >= 15 is 0 Å². The molecule has 2 fully saturated rings. The molecule has 2 saturated heterocycles. The molecule has 1 aliphatic carbocycles. The minimum atomic E-state index is 0.201. The lowest BCUT2D eigenvalue weighted by Crippen LogP contribution is -2.64. The van der Waals surface area contributed by atoms with Gasteiger partial charge >= 0.3 is 0 Å². The van der Waals surface area contributed by atoms with Gasteiger partial charge in [0.15, 0.2) is 0 Å². The first kappa shape index (κ1) is 16.1. The highest BCUT2D eigenvalue weighted by atomic mass is 16.2. The zero-order chi connectivity index (χ0) is 16.6. The maximum absolute atomic E-state index is 13.0. The quantitative estimate of drug-likeness (QED) is 0.902. The summed E-state index contributed by atoms with van der Waals surface area (Å²) in [5, 5.41) is 3.46. The third kappa shape index (κ3) is 2.86. The Kier molecular flexibility index (Phi) is 4.35. The van der Waals surface area contributed by atoms with Crippen molar-refractivity contribution in [2.24, 2.45) is 0 Å². The molecule has 4 rings (SSSR count). The van der Waals surface area contributed by atoms with Gasteiger partial charge in [-0.1, -0.05) is 24.3 Å². The summed E-state index contributed by atoms with van der Waals surface area (Å²) in [6.07, 6.45) is 5.26. The Morgan fingerprint density at radius 3 is 2.88 bits per heavy atom. The van der Waals surface area contributed by atoms with E-state index in [1.807, 2.05) is 0 Å². The van der Waals surface area contributed by atoms with Gasteiger partial charge in [-0.25, -0.2) is 0 Å². The Bertz CT molecular complexity index is 609. The molecule has 4 heteroatoms. The second-order valence-corrected chi connectivity index (χ2v) is 7.85. The van der Waals surface area contributed by atoms with Crippen molar-refractivity contribution in [2.75, 3.05) is 39.8 Å². The molecule has 1 N–H and O–H groups in total. The van der Waals surface area contributed by atoms with Crippen LogP contribution in [0.4, 0.5) is 0 Å². The number of benzene rings is 1. The Hall–Kier alpha value is -1.39. The van der Waals surface area contributed by atoms with Gasteiger partial charge in [0.25, 0.3) is 0 Å². The smallest absolute Gasteiger partial charge is 0.223 e. The van der Waals surface area contributed by atoms with E-state index in [-0.39, 0.29) is 5.54 Å². The van der Waals surface area contributed by atoms with Crippen LogP contribution < -0.4 is 5.32 Å². The van der Waals surface area contributed by atoms with Crippen LogP contribution >= 0.6 is 0 Å². The number of aryl methyl sites for hydroxylation is 1. The number of piperazine rings is 1. The van der Waals surface area contributed by atoms with Crippen LogP contribution in [0.15, 0.2) is 24.3 Å². The van der Waals surface area contributed by atoms with E-state index in [2.05, 4.69) is 46.4 Å². The maximum Gasteiger partial charge on any atom is 0.223 e. The van der Waals surface area contributed by atoms with E-state index in [0.717, 1.165) is 58.4 Å². The lowest BCUT2D eigenvalue weighted by atomic mass is 9.84. The summed E-state index contributed by atoms with van der Waals surface area (Å²) >= 11 is 0.